The highest BCUT2D eigenvalue weighted by Gasteiger charge is 2.26. The van der Waals surface area contributed by atoms with Crippen LogP contribution in [0.25, 0.3) is 0 Å². The molecule has 3 N–H and O–H groups in total. The van der Waals surface area contributed by atoms with Crippen LogP contribution in [0, 0.1) is 11.8 Å². The summed E-state index contributed by atoms with van der Waals surface area (Å²) in [6, 6.07) is 6.25. The monoisotopic (exact) mass is 450 g/mol. The van der Waals surface area contributed by atoms with Crippen LogP contribution in [0.1, 0.15) is 43.6 Å². The minimum atomic E-state index is -3.28. The number of nitrogen functional groups attached to an aromatic ring is 1. The van der Waals surface area contributed by atoms with Crippen LogP contribution in [0.2, 0.25) is 0 Å². The van der Waals surface area contributed by atoms with Crippen LogP contribution >= 0.6 is 0 Å². The van der Waals surface area contributed by atoms with Crippen molar-refractivity contribution >= 4 is 27.2 Å². The summed E-state index contributed by atoms with van der Waals surface area (Å²) in [6.07, 6.45) is 1.12. The number of amides is 1. The zero-order valence-corrected chi connectivity index (χ0v) is 19.3. The van der Waals surface area contributed by atoms with Gasteiger partial charge in [0.15, 0.2) is 15.5 Å². The van der Waals surface area contributed by atoms with E-state index in [0.29, 0.717) is 5.56 Å². The summed E-state index contributed by atoms with van der Waals surface area (Å²) in [5.41, 5.74) is 5.43. The van der Waals surface area contributed by atoms with E-state index in [0.717, 1.165) is 6.26 Å². The Labute approximate surface area is 181 Å². The predicted octanol–water partition coefficient (Wildman–Crippen LogP) is 1.62. The molecule has 0 atom stereocenters. The van der Waals surface area contributed by atoms with Gasteiger partial charge in [0.25, 0.3) is 11.5 Å². The molecule has 0 unspecified atom stereocenters. The molecule has 0 spiro atoms. The average molecular weight is 451 g/mol. The second kappa shape index (κ2) is 9.51. The first-order valence-corrected chi connectivity index (χ1v) is 12.1. The van der Waals surface area contributed by atoms with Gasteiger partial charge in [-0.05, 0) is 29.5 Å². The molecule has 0 radical (unpaired) electrons. The number of aromatic nitrogens is 2. The molecule has 31 heavy (non-hydrogen) atoms. The number of nitrogens with one attached hydrogen (secondary N) is 1. The van der Waals surface area contributed by atoms with Crippen molar-refractivity contribution in [3.8, 4) is 0 Å². The molecule has 0 aliphatic rings. The summed E-state index contributed by atoms with van der Waals surface area (Å²) in [5.74, 6) is -0.715. The van der Waals surface area contributed by atoms with Gasteiger partial charge in [-0.2, -0.15) is 0 Å². The lowest BCUT2D eigenvalue weighted by Crippen LogP contribution is -2.43. The fourth-order valence-corrected chi connectivity index (χ4v) is 4.06. The van der Waals surface area contributed by atoms with Gasteiger partial charge in [-0.15, -0.1) is 0 Å². The lowest BCUT2D eigenvalue weighted by Gasteiger charge is -2.26. The number of anilines is 2. The molecule has 170 valence electrons. The quantitative estimate of drug-likeness (QED) is 0.627. The number of hydrogen-bond donors (Lipinski definition) is 2. The highest BCUT2D eigenvalue weighted by atomic mass is 32.2. The minimum absolute atomic E-state index is 0.00701. The summed E-state index contributed by atoms with van der Waals surface area (Å²) >= 11 is 0. The molecule has 9 nitrogen and oxygen atoms in total. The largest absolute Gasteiger partial charge is 0.383 e. The van der Waals surface area contributed by atoms with Crippen molar-refractivity contribution in [1.29, 1.82) is 0 Å². The second-order valence-corrected chi connectivity index (χ2v) is 10.7. The number of rotatable bonds is 8. The van der Waals surface area contributed by atoms with Gasteiger partial charge in [0, 0.05) is 24.9 Å². The number of hydrogen-bond acceptors (Lipinski definition) is 6. The third-order valence-electron chi connectivity index (χ3n) is 4.43. The van der Waals surface area contributed by atoms with E-state index in [1.165, 1.54) is 15.5 Å². The number of H-pyrrole nitrogens is 1. The fourth-order valence-electron chi connectivity index (χ4n) is 3.28. The number of carbonyl (C=O) groups is 1. The SMILES string of the molecule is CC(C)CN(C(=O)c1cccc(CS(C)(=O)=O)c1)c1c(N)n(CC(C)C)c(=O)[nH]c1=O. The van der Waals surface area contributed by atoms with Gasteiger partial charge in [-0.25, -0.2) is 13.2 Å². The van der Waals surface area contributed by atoms with E-state index in [1.54, 1.807) is 18.2 Å². The van der Waals surface area contributed by atoms with Crippen molar-refractivity contribution in [2.45, 2.75) is 40.0 Å². The highest BCUT2D eigenvalue weighted by molar-refractivity contribution is 7.89. The van der Waals surface area contributed by atoms with Crippen LogP contribution < -0.4 is 21.9 Å². The lowest BCUT2D eigenvalue weighted by molar-refractivity contribution is 0.0983. The van der Waals surface area contributed by atoms with Crippen LogP contribution in [0.5, 0.6) is 0 Å². The summed E-state index contributed by atoms with van der Waals surface area (Å²) in [4.78, 5) is 41.9. The van der Waals surface area contributed by atoms with E-state index < -0.39 is 27.0 Å². The van der Waals surface area contributed by atoms with Gasteiger partial charge in [-0.1, -0.05) is 39.8 Å². The van der Waals surface area contributed by atoms with Gasteiger partial charge in [0.05, 0.1) is 5.75 Å². The molecule has 0 saturated heterocycles. The first-order valence-electron chi connectivity index (χ1n) is 10.0. The van der Waals surface area contributed by atoms with Crippen molar-refractivity contribution < 1.29 is 13.2 Å². The normalized spacial score (nSPS) is 11.8. The Kier molecular flexibility index (Phi) is 7.48. The van der Waals surface area contributed by atoms with E-state index in [2.05, 4.69) is 4.98 Å². The summed E-state index contributed by atoms with van der Waals surface area (Å²) < 4.78 is 24.5. The summed E-state index contributed by atoms with van der Waals surface area (Å²) in [5, 5.41) is 0. The molecule has 0 aliphatic carbocycles. The topological polar surface area (TPSA) is 135 Å². The van der Waals surface area contributed by atoms with Gasteiger partial charge in [0.1, 0.15) is 5.82 Å². The highest BCUT2D eigenvalue weighted by Crippen LogP contribution is 2.22. The van der Waals surface area contributed by atoms with E-state index in [9.17, 15) is 22.8 Å². The maximum atomic E-state index is 13.4. The number of aromatic amines is 1. The van der Waals surface area contributed by atoms with Gasteiger partial charge in [-0.3, -0.25) is 19.1 Å². The predicted molar refractivity (Wildman–Crippen MR) is 122 cm³/mol. The molecule has 2 aromatic rings. The van der Waals surface area contributed by atoms with Gasteiger partial charge in [0.2, 0.25) is 0 Å². The van der Waals surface area contributed by atoms with Crippen molar-refractivity contribution in [2.75, 3.05) is 23.4 Å². The maximum absolute atomic E-state index is 13.4. The Morgan fingerprint density at radius 3 is 2.35 bits per heavy atom. The first-order chi connectivity index (χ1) is 14.3. The van der Waals surface area contributed by atoms with E-state index >= 15 is 0 Å². The standard InChI is InChI=1S/C21H30N4O5S/c1-13(2)10-24(17-18(22)25(11-14(3)4)21(28)23-19(17)26)20(27)16-8-6-7-15(9-16)12-31(5,29)30/h6-9,13-14H,10-12,22H2,1-5H3,(H,23,26,28). The van der Waals surface area contributed by atoms with E-state index in [4.69, 9.17) is 5.73 Å². The number of sulfone groups is 1. The zero-order valence-electron chi connectivity index (χ0n) is 18.5. The molecule has 0 fully saturated rings. The van der Waals surface area contributed by atoms with Crippen LogP contribution in [-0.4, -0.2) is 36.7 Å². The molecule has 10 heteroatoms. The van der Waals surface area contributed by atoms with Crippen molar-refractivity contribution in [3.05, 3.63) is 56.2 Å². The molecular weight excluding hydrogens is 420 g/mol. The fraction of sp³-hybridized carbons (Fsp3) is 0.476. The Hall–Kier alpha value is -2.88. The molecule has 1 aromatic carbocycles. The summed E-state index contributed by atoms with van der Waals surface area (Å²) in [7, 11) is -3.28. The Morgan fingerprint density at radius 2 is 1.81 bits per heavy atom. The van der Waals surface area contributed by atoms with Crippen LogP contribution in [-0.2, 0) is 22.1 Å². The van der Waals surface area contributed by atoms with Gasteiger partial charge >= 0.3 is 5.69 Å². The third kappa shape index (κ3) is 6.30. The Balaban J connectivity index is 2.62. The minimum Gasteiger partial charge on any atom is -0.383 e. The average Bonchev–Trinajstić information content (AvgIpc) is 2.62. The van der Waals surface area contributed by atoms with Crippen LogP contribution in [0.15, 0.2) is 33.9 Å². The van der Waals surface area contributed by atoms with Crippen LogP contribution in [0.4, 0.5) is 11.5 Å². The van der Waals surface area contributed by atoms with E-state index in [-0.39, 0.29) is 47.7 Å². The zero-order chi connectivity index (χ0) is 23.5. The third-order valence-corrected chi connectivity index (χ3v) is 5.29. The molecular formula is C21H30N4O5S. The molecule has 0 saturated carbocycles. The van der Waals surface area contributed by atoms with Crippen molar-refractivity contribution in [3.63, 3.8) is 0 Å². The molecule has 2 rings (SSSR count). The molecule has 0 bridgehead atoms. The number of benzene rings is 1. The number of nitrogens with zero attached hydrogens (tertiary/aromatic N) is 2. The molecule has 0 aliphatic heterocycles. The second-order valence-electron chi connectivity index (χ2n) is 8.58. The first kappa shape index (κ1) is 24.4. The summed E-state index contributed by atoms with van der Waals surface area (Å²) in [6.45, 7) is 8.04. The maximum Gasteiger partial charge on any atom is 0.330 e. The van der Waals surface area contributed by atoms with Crippen molar-refractivity contribution in [1.82, 2.24) is 9.55 Å². The lowest BCUT2D eigenvalue weighted by atomic mass is 10.1. The number of nitrogens with two attached hydrogens (primary N) is 1. The molecule has 1 amide bonds. The smallest absolute Gasteiger partial charge is 0.330 e. The Bertz CT molecular complexity index is 1180. The van der Waals surface area contributed by atoms with E-state index in [1.807, 2.05) is 27.7 Å². The molecule has 1 heterocycles. The van der Waals surface area contributed by atoms with Gasteiger partial charge < -0.3 is 10.6 Å². The van der Waals surface area contributed by atoms with Crippen molar-refractivity contribution in [2.24, 2.45) is 11.8 Å². The molecule has 1 aromatic heterocycles. The number of carbonyl (C=O) groups excluding carboxylic acids is 1. The van der Waals surface area contributed by atoms with Crippen LogP contribution in [0.3, 0.4) is 0 Å². The Morgan fingerprint density at radius 1 is 1.16 bits per heavy atom.